The van der Waals surface area contributed by atoms with Crippen LogP contribution in [0, 0.1) is 11.7 Å². The van der Waals surface area contributed by atoms with Crippen LogP contribution in [-0.4, -0.2) is 24.5 Å². The van der Waals surface area contributed by atoms with Crippen LogP contribution in [0.5, 0.6) is 0 Å². The van der Waals surface area contributed by atoms with E-state index in [1.807, 2.05) is 12.1 Å². The first-order chi connectivity index (χ1) is 8.70. The van der Waals surface area contributed by atoms with Crippen LogP contribution >= 0.6 is 0 Å². The van der Waals surface area contributed by atoms with Crippen LogP contribution in [0.25, 0.3) is 0 Å². The Morgan fingerprint density at radius 3 is 2.78 bits per heavy atom. The highest BCUT2D eigenvalue weighted by molar-refractivity contribution is 5.19. The minimum absolute atomic E-state index is 0.161. The zero-order chi connectivity index (χ0) is 13.0. The van der Waals surface area contributed by atoms with Gasteiger partial charge >= 0.3 is 0 Å². The van der Waals surface area contributed by atoms with Crippen molar-refractivity contribution in [2.75, 3.05) is 19.6 Å². The molecule has 1 saturated heterocycles. The van der Waals surface area contributed by atoms with Gasteiger partial charge in [0.05, 0.1) is 0 Å². The van der Waals surface area contributed by atoms with Gasteiger partial charge in [-0.3, -0.25) is 4.90 Å². The summed E-state index contributed by atoms with van der Waals surface area (Å²) in [6.07, 6.45) is 3.66. The third kappa shape index (κ3) is 3.30. The smallest absolute Gasteiger partial charge is 0.123 e. The fourth-order valence-corrected chi connectivity index (χ4v) is 2.87. The molecule has 0 aromatic heterocycles. The van der Waals surface area contributed by atoms with E-state index in [9.17, 15) is 4.39 Å². The monoisotopic (exact) mass is 250 g/mol. The van der Waals surface area contributed by atoms with Crippen molar-refractivity contribution >= 4 is 0 Å². The Hall–Kier alpha value is -0.930. The lowest BCUT2D eigenvalue weighted by Crippen LogP contribution is -2.37. The van der Waals surface area contributed by atoms with Crippen molar-refractivity contribution in [2.24, 2.45) is 11.7 Å². The lowest BCUT2D eigenvalue weighted by Gasteiger charge is -2.37. The van der Waals surface area contributed by atoms with Crippen LogP contribution in [0.1, 0.15) is 37.8 Å². The molecular weight excluding hydrogens is 227 g/mol. The third-order valence-corrected chi connectivity index (χ3v) is 4.03. The summed E-state index contributed by atoms with van der Waals surface area (Å²) >= 11 is 0. The molecule has 0 amide bonds. The standard InChI is InChI=1S/C15H23FN2/c1-12(14-4-6-15(16)7-5-14)18-10-2-3-13(11-18)8-9-17/h4-7,12-13H,2-3,8-11,17H2,1H3. The topological polar surface area (TPSA) is 29.3 Å². The maximum atomic E-state index is 12.9. The van der Waals surface area contributed by atoms with Crippen LogP contribution in [0.4, 0.5) is 4.39 Å². The summed E-state index contributed by atoms with van der Waals surface area (Å²) in [7, 11) is 0. The minimum Gasteiger partial charge on any atom is -0.330 e. The molecule has 0 saturated carbocycles. The third-order valence-electron chi connectivity index (χ3n) is 4.03. The normalized spacial score (nSPS) is 22.9. The second-order valence-electron chi connectivity index (χ2n) is 5.31. The van der Waals surface area contributed by atoms with Crippen molar-refractivity contribution in [1.29, 1.82) is 0 Å². The second kappa shape index (κ2) is 6.30. The molecule has 0 spiro atoms. The summed E-state index contributed by atoms with van der Waals surface area (Å²) in [5, 5.41) is 0. The molecule has 1 aromatic carbocycles. The Bertz CT molecular complexity index is 361. The fourth-order valence-electron chi connectivity index (χ4n) is 2.87. The molecule has 2 atom stereocenters. The zero-order valence-corrected chi connectivity index (χ0v) is 11.1. The average molecular weight is 250 g/mol. The Morgan fingerprint density at radius 2 is 2.11 bits per heavy atom. The molecule has 18 heavy (non-hydrogen) atoms. The number of halogens is 1. The number of nitrogens with two attached hydrogens (primary N) is 1. The van der Waals surface area contributed by atoms with Crippen LogP contribution in [-0.2, 0) is 0 Å². The molecule has 0 aliphatic carbocycles. The zero-order valence-electron chi connectivity index (χ0n) is 11.1. The van der Waals surface area contributed by atoms with Crippen molar-refractivity contribution in [3.63, 3.8) is 0 Å². The molecule has 1 heterocycles. The molecule has 0 radical (unpaired) electrons. The van der Waals surface area contributed by atoms with E-state index < -0.39 is 0 Å². The molecule has 2 nitrogen and oxygen atoms in total. The highest BCUT2D eigenvalue weighted by Crippen LogP contribution is 2.27. The quantitative estimate of drug-likeness (QED) is 0.890. The van der Waals surface area contributed by atoms with Crippen molar-refractivity contribution < 1.29 is 4.39 Å². The molecule has 0 bridgehead atoms. The summed E-state index contributed by atoms with van der Waals surface area (Å²) in [5.74, 6) is 0.567. The summed E-state index contributed by atoms with van der Waals surface area (Å²) < 4.78 is 12.9. The fraction of sp³-hybridized carbons (Fsp3) is 0.600. The first-order valence-electron chi connectivity index (χ1n) is 6.90. The molecule has 2 rings (SSSR count). The van der Waals surface area contributed by atoms with Crippen LogP contribution in [0.3, 0.4) is 0 Å². The summed E-state index contributed by atoms with van der Waals surface area (Å²) in [4.78, 5) is 2.50. The van der Waals surface area contributed by atoms with Gasteiger partial charge < -0.3 is 5.73 Å². The Kier molecular flexibility index (Phi) is 4.72. The number of nitrogens with zero attached hydrogens (tertiary/aromatic N) is 1. The van der Waals surface area contributed by atoms with Crippen LogP contribution in [0.15, 0.2) is 24.3 Å². The van der Waals surface area contributed by atoms with Crippen molar-refractivity contribution in [1.82, 2.24) is 4.90 Å². The van der Waals surface area contributed by atoms with Gasteiger partial charge in [0, 0.05) is 12.6 Å². The second-order valence-corrected chi connectivity index (χ2v) is 5.31. The molecule has 1 fully saturated rings. The van der Waals surface area contributed by atoms with Gasteiger partial charge in [-0.1, -0.05) is 12.1 Å². The van der Waals surface area contributed by atoms with E-state index in [2.05, 4.69) is 11.8 Å². The summed E-state index contributed by atoms with van der Waals surface area (Å²) in [6, 6.07) is 7.26. The summed E-state index contributed by atoms with van der Waals surface area (Å²) in [6.45, 7) is 5.25. The van der Waals surface area contributed by atoms with Gasteiger partial charge in [-0.15, -0.1) is 0 Å². The van der Waals surface area contributed by atoms with Crippen LogP contribution in [0.2, 0.25) is 0 Å². The van der Waals surface area contributed by atoms with E-state index in [1.54, 1.807) is 12.1 Å². The number of likely N-dealkylation sites (tertiary alicyclic amines) is 1. The maximum absolute atomic E-state index is 12.9. The van der Waals surface area contributed by atoms with Crippen molar-refractivity contribution in [3.05, 3.63) is 35.6 Å². The SMILES string of the molecule is CC(c1ccc(F)cc1)N1CCCC(CCN)C1. The molecule has 1 aromatic rings. The number of benzene rings is 1. The Labute approximate surface area is 109 Å². The largest absolute Gasteiger partial charge is 0.330 e. The lowest BCUT2D eigenvalue weighted by atomic mass is 9.93. The number of rotatable bonds is 4. The molecule has 100 valence electrons. The number of hydrogen-bond acceptors (Lipinski definition) is 2. The van der Waals surface area contributed by atoms with E-state index in [0.717, 1.165) is 32.0 Å². The maximum Gasteiger partial charge on any atom is 0.123 e. The van der Waals surface area contributed by atoms with Gasteiger partial charge in [-0.05, 0) is 62.9 Å². The van der Waals surface area contributed by atoms with Gasteiger partial charge in [-0.2, -0.15) is 0 Å². The molecule has 1 aliphatic rings. The highest BCUT2D eigenvalue weighted by atomic mass is 19.1. The van der Waals surface area contributed by atoms with E-state index in [4.69, 9.17) is 5.73 Å². The highest BCUT2D eigenvalue weighted by Gasteiger charge is 2.23. The van der Waals surface area contributed by atoms with Crippen LogP contribution < -0.4 is 5.73 Å². The van der Waals surface area contributed by atoms with Gasteiger partial charge in [0.1, 0.15) is 5.82 Å². The summed E-state index contributed by atoms with van der Waals surface area (Å²) in [5.41, 5.74) is 6.85. The van der Waals surface area contributed by atoms with Crippen molar-refractivity contribution in [2.45, 2.75) is 32.2 Å². The van der Waals surface area contributed by atoms with Crippen molar-refractivity contribution in [3.8, 4) is 0 Å². The minimum atomic E-state index is -0.161. The van der Waals surface area contributed by atoms with Gasteiger partial charge in [0.25, 0.3) is 0 Å². The first-order valence-corrected chi connectivity index (χ1v) is 6.90. The molecular formula is C15H23FN2. The van der Waals surface area contributed by atoms with Gasteiger partial charge in [0.15, 0.2) is 0 Å². The Balaban J connectivity index is 1.99. The Morgan fingerprint density at radius 1 is 1.39 bits per heavy atom. The number of hydrogen-bond donors (Lipinski definition) is 1. The van der Waals surface area contributed by atoms with Gasteiger partial charge in [-0.25, -0.2) is 4.39 Å². The number of piperidine rings is 1. The molecule has 1 aliphatic heterocycles. The molecule has 2 N–H and O–H groups in total. The lowest BCUT2D eigenvalue weighted by molar-refractivity contribution is 0.128. The molecule has 2 unspecified atom stereocenters. The predicted octanol–water partition coefficient (Wildman–Crippen LogP) is 2.95. The van der Waals surface area contributed by atoms with E-state index in [-0.39, 0.29) is 5.82 Å². The average Bonchev–Trinajstić information content (AvgIpc) is 2.39. The van der Waals surface area contributed by atoms with E-state index in [1.165, 1.54) is 18.4 Å². The van der Waals surface area contributed by atoms with E-state index >= 15 is 0 Å². The van der Waals surface area contributed by atoms with E-state index in [0.29, 0.717) is 6.04 Å². The molecule has 3 heteroatoms. The van der Waals surface area contributed by atoms with Gasteiger partial charge in [0.2, 0.25) is 0 Å². The first kappa shape index (κ1) is 13.5. The predicted molar refractivity (Wildman–Crippen MR) is 72.8 cm³/mol.